The minimum absolute atomic E-state index is 0.588. The number of furan rings is 1. The zero-order chi connectivity index (χ0) is 32.9. The zero-order valence-electron chi connectivity index (χ0n) is 27.1. The Balaban J connectivity index is 0.000000143. The van der Waals surface area contributed by atoms with Gasteiger partial charge in [0.25, 0.3) is 0 Å². The summed E-state index contributed by atoms with van der Waals surface area (Å²) in [5.74, 6) is 0.588. The third-order valence-electron chi connectivity index (χ3n) is 9.14. The Morgan fingerprint density at radius 2 is 1.23 bits per heavy atom. The lowest BCUT2D eigenvalue weighted by molar-refractivity contribution is 0.669. The van der Waals surface area contributed by atoms with Crippen LogP contribution < -0.4 is 5.73 Å². The summed E-state index contributed by atoms with van der Waals surface area (Å²) in [6.07, 6.45) is 9.36. The summed E-state index contributed by atoms with van der Waals surface area (Å²) in [6.45, 7) is 2.79. The number of rotatable bonds is 3. The first-order valence-electron chi connectivity index (χ1n) is 16.5. The number of hydrogen-bond donors (Lipinski definition) is 2. The average Bonchev–Trinajstić information content (AvgIpc) is 3.54. The summed E-state index contributed by atoms with van der Waals surface area (Å²) in [7, 11) is 0. The van der Waals surface area contributed by atoms with Crippen molar-refractivity contribution in [3.63, 3.8) is 0 Å². The lowest BCUT2D eigenvalue weighted by Crippen LogP contribution is -1.96. The largest absolute Gasteiger partial charge is 0.456 e. The van der Waals surface area contributed by atoms with E-state index in [9.17, 15) is 0 Å². The molecule has 0 bridgehead atoms. The molecule has 0 radical (unpaired) electrons. The summed E-state index contributed by atoms with van der Waals surface area (Å²) < 4.78 is 6.16. The highest BCUT2D eigenvalue weighted by Gasteiger charge is 2.15. The van der Waals surface area contributed by atoms with Gasteiger partial charge in [0.05, 0.1) is 0 Å². The third kappa shape index (κ3) is 6.16. The van der Waals surface area contributed by atoms with E-state index >= 15 is 0 Å². The van der Waals surface area contributed by atoms with Crippen molar-refractivity contribution in [3.05, 3.63) is 180 Å². The fourth-order valence-corrected chi connectivity index (χ4v) is 6.66. The molecule has 1 aliphatic rings. The van der Waals surface area contributed by atoms with E-state index in [2.05, 4.69) is 116 Å². The molecule has 234 valence electrons. The molecule has 7 aromatic carbocycles. The van der Waals surface area contributed by atoms with Crippen molar-refractivity contribution in [1.29, 1.82) is 5.41 Å². The maximum Gasteiger partial charge on any atom is 0.136 e. The number of nitrogens with two attached hydrogens (primary N) is 1. The molecule has 3 heteroatoms. The van der Waals surface area contributed by atoms with Gasteiger partial charge in [-0.05, 0) is 75.0 Å². The zero-order valence-corrected chi connectivity index (χ0v) is 27.1. The van der Waals surface area contributed by atoms with Crippen LogP contribution in [0.15, 0.2) is 168 Å². The molecule has 3 nitrogen and oxygen atoms in total. The van der Waals surface area contributed by atoms with Crippen molar-refractivity contribution < 1.29 is 4.42 Å². The van der Waals surface area contributed by atoms with E-state index in [0.29, 0.717) is 12.5 Å². The van der Waals surface area contributed by atoms with Gasteiger partial charge in [0.1, 0.15) is 11.2 Å². The average molecular weight is 623 g/mol. The number of fused-ring (bicyclic) bond motifs is 9. The highest BCUT2D eigenvalue weighted by molar-refractivity contribution is 6.28. The highest BCUT2D eigenvalue weighted by atomic mass is 16.3. The van der Waals surface area contributed by atoms with Crippen LogP contribution in [0.1, 0.15) is 36.0 Å². The van der Waals surface area contributed by atoms with Crippen LogP contribution in [0.4, 0.5) is 0 Å². The van der Waals surface area contributed by atoms with Gasteiger partial charge < -0.3 is 15.6 Å². The van der Waals surface area contributed by atoms with E-state index in [-0.39, 0.29) is 0 Å². The molecule has 1 aromatic heterocycles. The predicted molar refractivity (Wildman–Crippen MR) is 205 cm³/mol. The lowest BCUT2D eigenvalue weighted by atomic mass is 9.91. The smallest absolute Gasteiger partial charge is 0.136 e. The fourth-order valence-electron chi connectivity index (χ4n) is 6.66. The van der Waals surface area contributed by atoms with Crippen LogP contribution in [0.2, 0.25) is 0 Å². The van der Waals surface area contributed by atoms with E-state index in [1.807, 2.05) is 48.5 Å². The SMILES string of the molecule is CC1=CCC(c2ccccc2)C=C1.N=Cc1cccc2oc3cc4c5ccccc5c5ccccc5c4cc3c12.NCc1ccccc1. The van der Waals surface area contributed by atoms with Crippen molar-refractivity contribution >= 4 is 60.5 Å². The van der Waals surface area contributed by atoms with Gasteiger partial charge in [0, 0.05) is 35.0 Å². The number of hydrogen-bond acceptors (Lipinski definition) is 3. The molecular weight excluding hydrogens is 585 g/mol. The van der Waals surface area contributed by atoms with Crippen molar-refractivity contribution in [3.8, 4) is 0 Å². The number of nitrogens with one attached hydrogen (secondary N) is 1. The standard InChI is InChI=1S/C25H15NO.C13H14.C7H9N/c26-14-15-6-5-11-23-25(15)22-12-20-18-9-3-1-7-16(18)17-8-2-4-10-19(17)21(20)13-24(22)27-23;1-11-7-9-13(10-8-11)12-5-3-2-4-6-12;8-6-7-4-2-1-3-5-7/h1-14,26H;2-9,13H,10H2,1H3;1-5H,6,8H2. The van der Waals surface area contributed by atoms with Gasteiger partial charge in [-0.1, -0.05) is 145 Å². The predicted octanol–water partition coefficient (Wildman–Crippen LogP) is 11.9. The Morgan fingerprint density at radius 3 is 1.79 bits per heavy atom. The van der Waals surface area contributed by atoms with Crippen LogP contribution in [0.5, 0.6) is 0 Å². The molecule has 8 aromatic rings. The second-order valence-electron chi connectivity index (χ2n) is 12.2. The van der Waals surface area contributed by atoms with Crippen LogP contribution >= 0.6 is 0 Å². The molecule has 9 rings (SSSR count). The molecule has 0 saturated heterocycles. The van der Waals surface area contributed by atoms with Crippen molar-refractivity contribution in [2.45, 2.75) is 25.8 Å². The molecule has 0 aliphatic heterocycles. The van der Waals surface area contributed by atoms with Gasteiger partial charge in [-0.2, -0.15) is 0 Å². The quantitative estimate of drug-likeness (QED) is 0.152. The minimum Gasteiger partial charge on any atom is -0.456 e. The summed E-state index contributed by atoms with van der Waals surface area (Å²) in [4.78, 5) is 0. The second kappa shape index (κ2) is 13.9. The Bertz CT molecular complexity index is 2440. The molecule has 0 amide bonds. The van der Waals surface area contributed by atoms with E-state index in [0.717, 1.165) is 33.9 Å². The normalized spacial score (nSPS) is 14.0. The van der Waals surface area contributed by atoms with Gasteiger partial charge in [-0.15, -0.1) is 0 Å². The van der Waals surface area contributed by atoms with Gasteiger partial charge in [0.2, 0.25) is 0 Å². The summed E-state index contributed by atoms with van der Waals surface area (Å²) in [5, 5.41) is 17.3. The van der Waals surface area contributed by atoms with Gasteiger partial charge in [0.15, 0.2) is 0 Å². The number of benzene rings is 7. The van der Waals surface area contributed by atoms with Crippen LogP contribution in [0.3, 0.4) is 0 Å². The first-order chi connectivity index (χ1) is 23.6. The van der Waals surface area contributed by atoms with Gasteiger partial charge in [-0.3, -0.25) is 0 Å². The van der Waals surface area contributed by atoms with Crippen LogP contribution in [0.25, 0.3) is 54.3 Å². The maximum absolute atomic E-state index is 7.78. The first-order valence-corrected chi connectivity index (χ1v) is 16.5. The Hall–Kier alpha value is -5.77. The first kappa shape index (κ1) is 30.9. The van der Waals surface area contributed by atoms with Crippen molar-refractivity contribution in [2.24, 2.45) is 5.73 Å². The Kier molecular flexibility index (Phi) is 8.95. The second-order valence-corrected chi connectivity index (χ2v) is 12.2. The van der Waals surface area contributed by atoms with Gasteiger partial charge in [-0.25, -0.2) is 0 Å². The summed E-state index contributed by atoms with van der Waals surface area (Å²) in [6, 6.07) is 48.1. The molecule has 0 fully saturated rings. The van der Waals surface area contributed by atoms with E-state index < -0.39 is 0 Å². The van der Waals surface area contributed by atoms with Crippen molar-refractivity contribution in [2.75, 3.05) is 0 Å². The molecule has 3 N–H and O–H groups in total. The van der Waals surface area contributed by atoms with Crippen LogP contribution in [-0.2, 0) is 6.54 Å². The van der Waals surface area contributed by atoms with Gasteiger partial charge >= 0.3 is 0 Å². The highest BCUT2D eigenvalue weighted by Crippen LogP contribution is 2.40. The lowest BCUT2D eigenvalue weighted by Gasteiger charge is -2.14. The monoisotopic (exact) mass is 622 g/mol. The summed E-state index contributed by atoms with van der Waals surface area (Å²) >= 11 is 0. The summed E-state index contributed by atoms with van der Waals surface area (Å²) in [5.41, 5.74) is 11.9. The number of allylic oxidation sites excluding steroid dienone is 4. The molecule has 48 heavy (non-hydrogen) atoms. The Morgan fingerprint density at radius 1 is 0.646 bits per heavy atom. The van der Waals surface area contributed by atoms with Crippen LogP contribution in [0, 0.1) is 5.41 Å². The minimum atomic E-state index is 0.588. The van der Waals surface area contributed by atoms with E-state index in [1.165, 1.54) is 55.2 Å². The maximum atomic E-state index is 7.78. The molecule has 0 saturated carbocycles. The topological polar surface area (TPSA) is 63.0 Å². The third-order valence-corrected chi connectivity index (χ3v) is 9.14. The molecule has 1 aliphatic carbocycles. The molecule has 0 spiro atoms. The fraction of sp³-hybridized carbons (Fsp3) is 0.0889. The van der Waals surface area contributed by atoms with Crippen molar-refractivity contribution in [1.82, 2.24) is 0 Å². The molecule has 1 heterocycles. The molecule has 1 atom stereocenters. The molecular formula is C45H38N2O. The van der Waals surface area contributed by atoms with E-state index in [4.69, 9.17) is 15.6 Å². The Labute approximate surface area is 281 Å². The van der Waals surface area contributed by atoms with E-state index in [1.54, 1.807) is 0 Å². The molecule has 1 unspecified atom stereocenters. The van der Waals surface area contributed by atoms with Crippen LogP contribution in [-0.4, -0.2) is 6.21 Å².